The Morgan fingerprint density at radius 3 is 2.70 bits per heavy atom. The molecule has 0 radical (unpaired) electrons. The minimum atomic E-state index is -0.139. The van der Waals surface area contributed by atoms with Crippen LogP contribution in [0.5, 0.6) is 0 Å². The number of benzene rings is 1. The lowest BCUT2D eigenvalue weighted by Crippen LogP contribution is -2.43. The van der Waals surface area contributed by atoms with Crippen molar-refractivity contribution in [2.75, 3.05) is 20.8 Å². The van der Waals surface area contributed by atoms with Gasteiger partial charge in [0.1, 0.15) is 5.76 Å². The van der Waals surface area contributed by atoms with Crippen molar-refractivity contribution in [3.63, 3.8) is 0 Å². The summed E-state index contributed by atoms with van der Waals surface area (Å²) in [5, 5.41) is 9.31. The third kappa shape index (κ3) is 8.00. The third-order valence-electron chi connectivity index (χ3n) is 3.68. The van der Waals surface area contributed by atoms with E-state index in [1.807, 2.05) is 31.2 Å². The molecule has 8 heteroatoms. The molecule has 0 aliphatic rings. The van der Waals surface area contributed by atoms with Gasteiger partial charge in [-0.1, -0.05) is 12.1 Å². The van der Waals surface area contributed by atoms with E-state index in [1.54, 1.807) is 32.6 Å². The summed E-state index contributed by atoms with van der Waals surface area (Å²) in [6.07, 6.45) is 1.59. The molecule has 1 heterocycles. The number of nitrogens with one attached hydrogen (secondary N) is 3. The minimum absolute atomic E-state index is 0. The fourth-order valence-electron chi connectivity index (χ4n) is 2.41. The van der Waals surface area contributed by atoms with Crippen LogP contribution in [0, 0.1) is 0 Å². The lowest BCUT2D eigenvalue weighted by atomic mass is 10.1. The van der Waals surface area contributed by atoms with Crippen LogP contribution in [-0.4, -0.2) is 38.7 Å². The van der Waals surface area contributed by atoms with E-state index in [0.29, 0.717) is 31.2 Å². The van der Waals surface area contributed by atoms with Crippen LogP contribution < -0.4 is 16.0 Å². The monoisotopic (exact) mass is 486 g/mol. The Hall–Kier alpha value is -2.07. The molecule has 2 aromatic rings. The molecule has 0 spiro atoms. The lowest BCUT2D eigenvalue weighted by Gasteiger charge is -2.17. The molecule has 27 heavy (non-hydrogen) atoms. The molecule has 7 nitrogen and oxygen atoms in total. The quantitative estimate of drug-likeness (QED) is 0.303. The van der Waals surface area contributed by atoms with Gasteiger partial charge in [-0.2, -0.15) is 0 Å². The van der Waals surface area contributed by atoms with Gasteiger partial charge in [-0.15, -0.1) is 24.0 Å². The molecule has 0 saturated heterocycles. The number of halogens is 1. The number of nitrogens with zero attached hydrogens (tertiary/aromatic N) is 1. The van der Waals surface area contributed by atoms with Crippen LogP contribution in [0.15, 0.2) is 52.1 Å². The smallest absolute Gasteiger partial charge is 0.251 e. The van der Waals surface area contributed by atoms with Crippen molar-refractivity contribution in [2.45, 2.75) is 26.1 Å². The molecule has 0 saturated carbocycles. The Morgan fingerprint density at radius 2 is 2.04 bits per heavy atom. The van der Waals surface area contributed by atoms with Crippen molar-refractivity contribution in [1.29, 1.82) is 0 Å². The number of carbonyl (C=O) groups excluding carboxylic acids is 1. The number of carbonyl (C=O) groups is 1. The molecular formula is C19H27IN4O3. The lowest BCUT2D eigenvalue weighted by molar-refractivity contribution is 0.0948. The maximum atomic E-state index is 12.3. The summed E-state index contributed by atoms with van der Waals surface area (Å²) in [6.45, 7) is 3.52. The first kappa shape index (κ1) is 23.0. The summed E-state index contributed by atoms with van der Waals surface area (Å²) in [4.78, 5) is 16.5. The molecule has 0 fully saturated rings. The number of rotatable bonds is 8. The zero-order chi connectivity index (χ0) is 18.8. The Labute approximate surface area is 177 Å². The number of methoxy groups -OCH3 is 1. The Kier molecular flexibility index (Phi) is 10.5. The number of hydrogen-bond acceptors (Lipinski definition) is 4. The van der Waals surface area contributed by atoms with Crippen LogP contribution in [0.1, 0.15) is 28.6 Å². The molecule has 1 aromatic carbocycles. The Morgan fingerprint density at radius 1 is 1.22 bits per heavy atom. The van der Waals surface area contributed by atoms with E-state index in [1.165, 1.54) is 0 Å². The van der Waals surface area contributed by atoms with E-state index in [4.69, 9.17) is 9.15 Å². The summed E-state index contributed by atoms with van der Waals surface area (Å²) < 4.78 is 10.3. The van der Waals surface area contributed by atoms with E-state index < -0.39 is 0 Å². The first-order valence-corrected chi connectivity index (χ1v) is 8.48. The number of guanidine groups is 1. The number of amides is 1. The molecule has 2 rings (SSSR count). The van der Waals surface area contributed by atoms with Crippen LogP contribution in [-0.2, 0) is 17.8 Å². The van der Waals surface area contributed by atoms with Crippen LogP contribution >= 0.6 is 24.0 Å². The maximum Gasteiger partial charge on any atom is 0.251 e. The van der Waals surface area contributed by atoms with E-state index in [0.717, 1.165) is 11.3 Å². The number of furan rings is 1. The van der Waals surface area contributed by atoms with Gasteiger partial charge in [0.2, 0.25) is 0 Å². The molecule has 1 unspecified atom stereocenters. The highest BCUT2D eigenvalue weighted by Gasteiger charge is 2.08. The zero-order valence-electron chi connectivity index (χ0n) is 15.8. The highest BCUT2D eigenvalue weighted by atomic mass is 127. The molecule has 148 valence electrons. The second-order valence-corrected chi connectivity index (χ2v) is 5.89. The molecule has 0 bridgehead atoms. The molecule has 0 aliphatic heterocycles. The number of ether oxygens (including phenoxy) is 1. The first-order valence-electron chi connectivity index (χ1n) is 8.48. The van der Waals surface area contributed by atoms with Crippen LogP contribution in [0.25, 0.3) is 0 Å². The topological polar surface area (TPSA) is 87.9 Å². The highest BCUT2D eigenvalue weighted by Crippen LogP contribution is 2.06. The second kappa shape index (κ2) is 12.3. The zero-order valence-corrected chi connectivity index (χ0v) is 18.2. The summed E-state index contributed by atoms with van der Waals surface area (Å²) >= 11 is 0. The maximum absolute atomic E-state index is 12.3. The molecule has 1 amide bonds. The highest BCUT2D eigenvalue weighted by molar-refractivity contribution is 14.0. The SMILES string of the molecule is CN=C(NCc1cccc(C(=O)NCc2ccco2)c1)NC(C)COC.I. The van der Waals surface area contributed by atoms with Gasteiger partial charge in [0, 0.05) is 32.3 Å². The average molecular weight is 486 g/mol. The van der Waals surface area contributed by atoms with Gasteiger partial charge in [0.25, 0.3) is 5.91 Å². The van der Waals surface area contributed by atoms with Gasteiger partial charge in [0.05, 0.1) is 19.4 Å². The fourth-order valence-corrected chi connectivity index (χ4v) is 2.41. The Balaban J connectivity index is 0.00000364. The van der Waals surface area contributed by atoms with Crippen molar-refractivity contribution in [1.82, 2.24) is 16.0 Å². The van der Waals surface area contributed by atoms with Crippen LogP contribution in [0.3, 0.4) is 0 Å². The first-order chi connectivity index (χ1) is 12.6. The van der Waals surface area contributed by atoms with Crippen molar-refractivity contribution in [3.05, 3.63) is 59.5 Å². The molecule has 3 N–H and O–H groups in total. The largest absolute Gasteiger partial charge is 0.467 e. The molecule has 1 aromatic heterocycles. The fraction of sp³-hybridized carbons (Fsp3) is 0.368. The van der Waals surface area contributed by atoms with Gasteiger partial charge >= 0.3 is 0 Å². The molecule has 1 atom stereocenters. The summed E-state index contributed by atoms with van der Waals surface area (Å²) in [7, 11) is 3.38. The number of hydrogen-bond donors (Lipinski definition) is 3. The summed E-state index contributed by atoms with van der Waals surface area (Å²) in [5.41, 5.74) is 1.59. The Bertz CT molecular complexity index is 720. The molecular weight excluding hydrogens is 459 g/mol. The third-order valence-corrected chi connectivity index (χ3v) is 3.68. The van der Waals surface area contributed by atoms with E-state index in [9.17, 15) is 4.79 Å². The van der Waals surface area contributed by atoms with Gasteiger partial charge < -0.3 is 25.1 Å². The average Bonchev–Trinajstić information content (AvgIpc) is 3.17. The summed E-state index contributed by atoms with van der Waals surface area (Å²) in [6, 6.07) is 11.2. The van der Waals surface area contributed by atoms with Crippen molar-refractivity contribution < 1.29 is 13.9 Å². The van der Waals surface area contributed by atoms with E-state index in [-0.39, 0.29) is 35.9 Å². The summed E-state index contributed by atoms with van der Waals surface area (Å²) in [5.74, 6) is 1.26. The van der Waals surface area contributed by atoms with Gasteiger partial charge in [-0.25, -0.2) is 0 Å². The van der Waals surface area contributed by atoms with Gasteiger partial charge in [-0.3, -0.25) is 9.79 Å². The predicted octanol–water partition coefficient (Wildman–Crippen LogP) is 2.53. The molecule has 0 aliphatic carbocycles. The van der Waals surface area contributed by atoms with E-state index in [2.05, 4.69) is 20.9 Å². The van der Waals surface area contributed by atoms with Crippen LogP contribution in [0.2, 0.25) is 0 Å². The number of aliphatic imine (C=N–C) groups is 1. The normalized spacial score (nSPS) is 12.0. The minimum Gasteiger partial charge on any atom is -0.467 e. The van der Waals surface area contributed by atoms with Crippen molar-refractivity contribution in [2.24, 2.45) is 4.99 Å². The second-order valence-electron chi connectivity index (χ2n) is 5.89. The standard InChI is InChI=1S/C19H26N4O3.HI/c1-14(13-25-3)23-19(20-2)22-11-15-6-4-7-16(10-15)18(24)21-12-17-8-5-9-26-17;/h4-10,14H,11-13H2,1-3H3,(H,21,24)(H2,20,22,23);1H. The predicted molar refractivity (Wildman–Crippen MR) is 116 cm³/mol. The van der Waals surface area contributed by atoms with E-state index >= 15 is 0 Å². The van der Waals surface area contributed by atoms with Crippen molar-refractivity contribution >= 4 is 35.8 Å². The van der Waals surface area contributed by atoms with Gasteiger partial charge in [0.15, 0.2) is 5.96 Å². The van der Waals surface area contributed by atoms with Crippen LogP contribution in [0.4, 0.5) is 0 Å². The van der Waals surface area contributed by atoms with Crippen molar-refractivity contribution in [3.8, 4) is 0 Å². The van der Waals surface area contributed by atoms with Gasteiger partial charge in [-0.05, 0) is 36.8 Å².